The standard InChI is InChI=1S/C13H20N2/c1-3-15(4-2)13-9-11(10-5-6-10)7-8-12(13)14/h7-10H,3-6,14H2,1-2H3. The average Bonchev–Trinajstić information content (AvgIpc) is 3.06. The Morgan fingerprint density at radius 1 is 1.27 bits per heavy atom. The van der Waals surface area contributed by atoms with Gasteiger partial charge >= 0.3 is 0 Å². The summed E-state index contributed by atoms with van der Waals surface area (Å²) in [6.07, 6.45) is 2.70. The van der Waals surface area contributed by atoms with Crippen molar-refractivity contribution in [3.05, 3.63) is 23.8 Å². The van der Waals surface area contributed by atoms with E-state index in [-0.39, 0.29) is 0 Å². The Hall–Kier alpha value is -1.18. The molecule has 15 heavy (non-hydrogen) atoms. The first kappa shape index (κ1) is 10.3. The second-order valence-electron chi connectivity index (χ2n) is 4.26. The van der Waals surface area contributed by atoms with Crippen LogP contribution in [0.25, 0.3) is 0 Å². The number of anilines is 2. The van der Waals surface area contributed by atoms with Gasteiger partial charge in [-0.1, -0.05) is 6.07 Å². The van der Waals surface area contributed by atoms with Gasteiger partial charge in [-0.2, -0.15) is 0 Å². The van der Waals surface area contributed by atoms with Crippen molar-refractivity contribution in [1.82, 2.24) is 0 Å². The van der Waals surface area contributed by atoms with Gasteiger partial charge < -0.3 is 10.6 Å². The number of rotatable bonds is 4. The molecule has 1 aliphatic carbocycles. The van der Waals surface area contributed by atoms with Gasteiger partial charge in [-0.15, -0.1) is 0 Å². The number of nitrogens with zero attached hydrogens (tertiary/aromatic N) is 1. The SMILES string of the molecule is CCN(CC)c1cc(C2CC2)ccc1N. The predicted octanol–water partition coefficient (Wildman–Crippen LogP) is 2.99. The van der Waals surface area contributed by atoms with Gasteiger partial charge in [0.15, 0.2) is 0 Å². The predicted molar refractivity (Wildman–Crippen MR) is 66.4 cm³/mol. The molecule has 0 radical (unpaired) electrons. The fourth-order valence-electron chi connectivity index (χ4n) is 2.07. The molecule has 0 atom stereocenters. The van der Waals surface area contributed by atoms with E-state index >= 15 is 0 Å². The minimum absolute atomic E-state index is 0.805. The van der Waals surface area contributed by atoms with Gasteiger partial charge in [-0.25, -0.2) is 0 Å². The Kier molecular flexibility index (Phi) is 2.85. The summed E-state index contributed by atoms with van der Waals surface area (Å²) >= 11 is 0. The number of nitrogen functional groups attached to an aromatic ring is 1. The van der Waals surface area contributed by atoms with Crippen molar-refractivity contribution >= 4 is 11.4 Å². The molecule has 0 amide bonds. The lowest BCUT2D eigenvalue weighted by Gasteiger charge is -2.23. The van der Waals surface area contributed by atoms with Crippen LogP contribution < -0.4 is 10.6 Å². The molecule has 1 fully saturated rings. The van der Waals surface area contributed by atoms with E-state index in [1.165, 1.54) is 24.1 Å². The van der Waals surface area contributed by atoms with Crippen LogP contribution in [0.15, 0.2) is 18.2 Å². The van der Waals surface area contributed by atoms with Crippen LogP contribution in [-0.2, 0) is 0 Å². The maximum absolute atomic E-state index is 6.02. The summed E-state index contributed by atoms with van der Waals surface area (Å²) in [5, 5.41) is 0. The number of benzene rings is 1. The minimum atomic E-state index is 0.805. The molecule has 1 aromatic carbocycles. The fraction of sp³-hybridized carbons (Fsp3) is 0.538. The van der Waals surface area contributed by atoms with Crippen LogP contribution in [0.4, 0.5) is 11.4 Å². The third-order valence-electron chi connectivity index (χ3n) is 3.21. The molecule has 0 aromatic heterocycles. The average molecular weight is 204 g/mol. The molecule has 0 bridgehead atoms. The van der Waals surface area contributed by atoms with Crippen molar-refractivity contribution in [3.63, 3.8) is 0 Å². The minimum Gasteiger partial charge on any atom is -0.397 e. The lowest BCUT2D eigenvalue weighted by atomic mass is 10.1. The smallest absolute Gasteiger partial charge is 0.0602 e. The van der Waals surface area contributed by atoms with Gasteiger partial charge in [0, 0.05) is 13.1 Å². The molecular formula is C13H20N2. The van der Waals surface area contributed by atoms with E-state index in [9.17, 15) is 0 Å². The zero-order valence-corrected chi connectivity index (χ0v) is 9.66. The van der Waals surface area contributed by atoms with Gasteiger partial charge in [0.2, 0.25) is 0 Å². The molecule has 82 valence electrons. The van der Waals surface area contributed by atoms with Crippen LogP contribution in [0.2, 0.25) is 0 Å². The first-order chi connectivity index (χ1) is 7.26. The van der Waals surface area contributed by atoms with Crippen molar-refractivity contribution in [2.75, 3.05) is 23.7 Å². The van der Waals surface area contributed by atoms with E-state index in [1.54, 1.807) is 0 Å². The van der Waals surface area contributed by atoms with E-state index in [4.69, 9.17) is 5.73 Å². The van der Waals surface area contributed by atoms with Crippen molar-refractivity contribution in [3.8, 4) is 0 Å². The quantitative estimate of drug-likeness (QED) is 0.764. The molecule has 2 nitrogen and oxygen atoms in total. The third kappa shape index (κ3) is 2.09. The molecule has 2 rings (SSSR count). The molecule has 0 unspecified atom stereocenters. The lowest BCUT2D eigenvalue weighted by molar-refractivity contribution is 0.866. The highest BCUT2D eigenvalue weighted by atomic mass is 15.1. The van der Waals surface area contributed by atoms with E-state index in [2.05, 4.69) is 36.9 Å². The number of nitrogens with two attached hydrogens (primary N) is 1. The van der Waals surface area contributed by atoms with Gasteiger partial charge in [-0.05, 0) is 50.3 Å². The zero-order valence-electron chi connectivity index (χ0n) is 9.66. The van der Waals surface area contributed by atoms with Gasteiger partial charge in [0.05, 0.1) is 11.4 Å². The first-order valence-corrected chi connectivity index (χ1v) is 5.90. The summed E-state index contributed by atoms with van der Waals surface area (Å²) in [4.78, 5) is 2.32. The van der Waals surface area contributed by atoms with E-state index in [0.29, 0.717) is 0 Å². The highest BCUT2D eigenvalue weighted by Crippen LogP contribution is 2.42. The topological polar surface area (TPSA) is 29.3 Å². The van der Waals surface area contributed by atoms with Crippen molar-refractivity contribution in [2.24, 2.45) is 0 Å². The van der Waals surface area contributed by atoms with E-state index in [1.807, 2.05) is 0 Å². The van der Waals surface area contributed by atoms with E-state index < -0.39 is 0 Å². The lowest BCUT2D eigenvalue weighted by Crippen LogP contribution is -2.23. The molecule has 1 aliphatic rings. The van der Waals surface area contributed by atoms with Crippen LogP contribution in [0.3, 0.4) is 0 Å². The van der Waals surface area contributed by atoms with Crippen LogP contribution in [-0.4, -0.2) is 13.1 Å². The molecule has 1 aromatic rings. The summed E-state index contributed by atoms with van der Waals surface area (Å²) in [6.45, 7) is 6.39. The Labute approximate surface area is 92.1 Å². The zero-order chi connectivity index (χ0) is 10.8. The normalized spacial score (nSPS) is 15.3. The summed E-state index contributed by atoms with van der Waals surface area (Å²) < 4.78 is 0. The molecule has 0 saturated heterocycles. The van der Waals surface area contributed by atoms with Gasteiger partial charge in [0.1, 0.15) is 0 Å². The van der Waals surface area contributed by atoms with Crippen LogP contribution in [0.1, 0.15) is 38.2 Å². The highest BCUT2D eigenvalue weighted by Gasteiger charge is 2.24. The number of hydrogen-bond acceptors (Lipinski definition) is 2. The summed E-state index contributed by atoms with van der Waals surface area (Å²) in [6, 6.07) is 6.52. The maximum atomic E-state index is 6.02. The second-order valence-corrected chi connectivity index (χ2v) is 4.26. The van der Waals surface area contributed by atoms with Crippen LogP contribution in [0.5, 0.6) is 0 Å². The monoisotopic (exact) mass is 204 g/mol. The number of hydrogen-bond donors (Lipinski definition) is 1. The van der Waals surface area contributed by atoms with Gasteiger partial charge in [-0.3, -0.25) is 0 Å². The summed E-state index contributed by atoms with van der Waals surface area (Å²) in [5.74, 6) is 0.805. The third-order valence-corrected chi connectivity index (χ3v) is 3.21. The van der Waals surface area contributed by atoms with Crippen molar-refractivity contribution in [1.29, 1.82) is 0 Å². The Morgan fingerprint density at radius 2 is 1.93 bits per heavy atom. The van der Waals surface area contributed by atoms with Crippen molar-refractivity contribution in [2.45, 2.75) is 32.6 Å². The Balaban J connectivity index is 2.30. The summed E-state index contributed by atoms with van der Waals surface area (Å²) in [7, 11) is 0. The molecular weight excluding hydrogens is 184 g/mol. The Morgan fingerprint density at radius 3 is 2.47 bits per heavy atom. The van der Waals surface area contributed by atoms with Crippen LogP contribution in [0, 0.1) is 0 Å². The van der Waals surface area contributed by atoms with Crippen molar-refractivity contribution < 1.29 is 0 Å². The van der Waals surface area contributed by atoms with Crippen LogP contribution >= 0.6 is 0 Å². The maximum Gasteiger partial charge on any atom is 0.0602 e. The van der Waals surface area contributed by atoms with E-state index in [0.717, 1.165) is 24.7 Å². The first-order valence-electron chi connectivity index (χ1n) is 5.90. The Bertz CT molecular complexity index is 338. The largest absolute Gasteiger partial charge is 0.397 e. The molecule has 1 saturated carbocycles. The second kappa shape index (κ2) is 4.13. The molecule has 0 aliphatic heterocycles. The highest BCUT2D eigenvalue weighted by molar-refractivity contribution is 5.69. The molecule has 0 heterocycles. The summed E-state index contributed by atoms with van der Waals surface area (Å²) in [5.41, 5.74) is 9.60. The van der Waals surface area contributed by atoms with Gasteiger partial charge in [0.25, 0.3) is 0 Å². The molecule has 0 spiro atoms. The molecule has 2 heteroatoms. The molecule has 2 N–H and O–H groups in total. The fourth-order valence-corrected chi connectivity index (χ4v) is 2.07.